The first kappa shape index (κ1) is 13.5. The summed E-state index contributed by atoms with van der Waals surface area (Å²) in [6.45, 7) is 2.24. The zero-order chi connectivity index (χ0) is 14.9. The van der Waals surface area contributed by atoms with Gasteiger partial charge in [-0.2, -0.15) is 5.10 Å². The molecule has 3 heterocycles. The molecular formula is C18H20N4. The fourth-order valence-electron chi connectivity index (χ4n) is 3.29. The van der Waals surface area contributed by atoms with Crippen molar-refractivity contribution in [3.05, 3.63) is 48.4 Å². The maximum absolute atomic E-state index is 4.60. The predicted octanol–water partition coefficient (Wildman–Crippen LogP) is 3.10. The smallest absolute Gasteiger partial charge is 0.0702 e. The lowest BCUT2D eigenvalue weighted by Gasteiger charge is -2.23. The van der Waals surface area contributed by atoms with Gasteiger partial charge in [0.25, 0.3) is 0 Å². The number of rotatable bonds is 2. The summed E-state index contributed by atoms with van der Waals surface area (Å²) in [4.78, 5) is 4.60. The van der Waals surface area contributed by atoms with Gasteiger partial charge in [0, 0.05) is 36.0 Å². The molecule has 112 valence electrons. The van der Waals surface area contributed by atoms with E-state index in [1.807, 2.05) is 30.3 Å². The molecule has 0 saturated carbocycles. The Morgan fingerprint density at radius 1 is 1.09 bits per heavy atom. The van der Waals surface area contributed by atoms with E-state index in [1.165, 1.54) is 23.8 Å². The number of aryl methyl sites for hydroxylation is 1. The third kappa shape index (κ3) is 2.50. The Bertz CT molecular complexity index is 800. The van der Waals surface area contributed by atoms with Gasteiger partial charge in [-0.25, -0.2) is 0 Å². The van der Waals surface area contributed by atoms with E-state index in [1.54, 1.807) is 0 Å². The van der Waals surface area contributed by atoms with Crippen molar-refractivity contribution in [3.63, 3.8) is 0 Å². The van der Waals surface area contributed by atoms with E-state index in [4.69, 9.17) is 0 Å². The highest BCUT2D eigenvalue weighted by atomic mass is 15.2. The van der Waals surface area contributed by atoms with Crippen molar-refractivity contribution in [2.24, 2.45) is 7.05 Å². The van der Waals surface area contributed by atoms with E-state index >= 15 is 0 Å². The van der Waals surface area contributed by atoms with E-state index in [-0.39, 0.29) is 0 Å². The highest BCUT2D eigenvalue weighted by Crippen LogP contribution is 2.29. The van der Waals surface area contributed by atoms with Gasteiger partial charge in [0.05, 0.1) is 11.7 Å². The van der Waals surface area contributed by atoms with Gasteiger partial charge in [0.15, 0.2) is 0 Å². The molecule has 0 unspecified atom stereocenters. The van der Waals surface area contributed by atoms with Crippen molar-refractivity contribution in [2.75, 3.05) is 13.1 Å². The van der Waals surface area contributed by atoms with Crippen molar-refractivity contribution < 1.29 is 0 Å². The SMILES string of the molecule is Cn1cc(-c2cnc3ccc(C4CCNCC4)cc3c2)cn1. The first-order chi connectivity index (χ1) is 10.8. The standard InChI is InChI=1S/C18H20N4/c1-22-12-17(11-21-22)16-9-15-8-14(2-3-18(15)20-10-16)13-4-6-19-7-5-13/h2-3,8-13,19H,4-7H2,1H3. The van der Waals surface area contributed by atoms with Gasteiger partial charge in [-0.05, 0) is 55.6 Å². The Labute approximate surface area is 130 Å². The summed E-state index contributed by atoms with van der Waals surface area (Å²) < 4.78 is 1.82. The molecule has 1 N–H and O–H groups in total. The molecule has 1 fully saturated rings. The number of pyridine rings is 1. The van der Waals surface area contributed by atoms with E-state index in [0.717, 1.165) is 29.7 Å². The van der Waals surface area contributed by atoms with E-state index in [9.17, 15) is 0 Å². The third-order valence-electron chi connectivity index (χ3n) is 4.55. The molecule has 1 aromatic carbocycles. The maximum atomic E-state index is 4.60. The van der Waals surface area contributed by atoms with Crippen LogP contribution in [0.5, 0.6) is 0 Å². The fourth-order valence-corrected chi connectivity index (χ4v) is 3.29. The van der Waals surface area contributed by atoms with Gasteiger partial charge < -0.3 is 5.32 Å². The molecule has 1 saturated heterocycles. The van der Waals surface area contributed by atoms with E-state index in [0.29, 0.717) is 5.92 Å². The first-order valence-electron chi connectivity index (χ1n) is 7.89. The van der Waals surface area contributed by atoms with Crippen molar-refractivity contribution in [2.45, 2.75) is 18.8 Å². The molecule has 4 nitrogen and oxygen atoms in total. The molecule has 0 bridgehead atoms. The summed E-state index contributed by atoms with van der Waals surface area (Å²) in [6.07, 6.45) is 8.30. The molecule has 0 atom stereocenters. The molecule has 0 spiro atoms. The van der Waals surface area contributed by atoms with Gasteiger partial charge in [0.2, 0.25) is 0 Å². The highest BCUT2D eigenvalue weighted by molar-refractivity contribution is 5.84. The number of hydrogen-bond donors (Lipinski definition) is 1. The van der Waals surface area contributed by atoms with Gasteiger partial charge >= 0.3 is 0 Å². The molecular weight excluding hydrogens is 272 g/mol. The Morgan fingerprint density at radius 2 is 1.95 bits per heavy atom. The second-order valence-electron chi connectivity index (χ2n) is 6.10. The van der Waals surface area contributed by atoms with Crippen LogP contribution in [0.1, 0.15) is 24.3 Å². The van der Waals surface area contributed by atoms with Gasteiger partial charge in [-0.1, -0.05) is 6.07 Å². The van der Waals surface area contributed by atoms with Crippen LogP contribution in [-0.4, -0.2) is 27.9 Å². The number of fused-ring (bicyclic) bond motifs is 1. The van der Waals surface area contributed by atoms with E-state index < -0.39 is 0 Å². The van der Waals surface area contributed by atoms with Gasteiger partial charge in [-0.15, -0.1) is 0 Å². The molecule has 22 heavy (non-hydrogen) atoms. The Balaban J connectivity index is 1.73. The molecule has 0 radical (unpaired) electrons. The monoisotopic (exact) mass is 292 g/mol. The van der Waals surface area contributed by atoms with Crippen LogP contribution < -0.4 is 5.32 Å². The second kappa shape index (κ2) is 5.54. The predicted molar refractivity (Wildman–Crippen MR) is 88.8 cm³/mol. The number of aromatic nitrogens is 3. The number of piperidine rings is 1. The topological polar surface area (TPSA) is 42.7 Å². The van der Waals surface area contributed by atoms with Crippen LogP contribution in [0, 0.1) is 0 Å². The minimum atomic E-state index is 0.674. The largest absolute Gasteiger partial charge is 0.317 e. The Morgan fingerprint density at radius 3 is 2.73 bits per heavy atom. The average Bonchev–Trinajstić information content (AvgIpc) is 3.01. The van der Waals surface area contributed by atoms with Gasteiger partial charge in [-0.3, -0.25) is 9.67 Å². The number of nitrogens with one attached hydrogen (secondary N) is 1. The zero-order valence-corrected chi connectivity index (χ0v) is 12.8. The Kier molecular flexibility index (Phi) is 3.39. The van der Waals surface area contributed by atoms with Gasteiger partial charge in [0.1, 0.15) is 0 Å². The van der Waals surface area contributed by atoms with Crippen LogP contribution >= 0.6 is 0 Å². The van der Waals surface area contributed by atoms with Crippen molar-refractivity contribution >= 4 is 10.9 Å². The van der Waals surface area contributed by atoms with Crippen LogP contribution in [-0.2, 0) is 7.05 Å². The number of nitrogens with zero attached hydrogens (tertiary/aromatic N) is 3. The van der Waals surface area contributed by atoms with Crippen molar-refractivity contribution in [1.29, 1.82) is 0 Å². The highest BCUT2D eigenvalue weighted by Gasteiger charge is 2.15. The molecule has 3 aromatic rings. The summed E-state index contributed by atoms with van der Waals surface area (Å²) in [7, 11) is 1.94. The van der Waals surface area contributed by atoms with Crippen LogP contribution in [0.4, 0.5) is 0 Å². The van der Waals surface area contributed by atoms with Crippen LogP contribution in [0.3, 0.4) is 0 Å². The van der Waals surface area contributed by atoms with Crippen molar-refractivity contribution in [3.8, 4) is 11.1 Å². The first-order valence-corrected chi connectivity index (χ1v) is 7.89. The molecule has 1 aliphatic rings. The lowest BCUT2D eigenvalue weighted by molar-refractivity contribution is 0.460. The van der Waals surface area contributed by atoms with Crippen LogP contribution in [0.2, 0.25) is 0 Å². The lowest BCUT2D eigenvalue weighted by Crippen LogP contribution is -2.26. The minimum absolute atomic E-state index is 0.674. The third-order valence-corrected chi connectivity index (χ3v) is 4.55. The average molecular weight is 292 g/mol. The maximum Gasteiger partial charge on any atom is 0.0702 e. The molecule has 2 aromatic heterocycles. The quantitative estimate of drug-likeness (QED) is 0.789. The number of hydrogen-bond acceptors (Lipinski definition) is 3. The second-order valence-corrected chi connectivity index (χ2v) is 6.10. The van der Waals surface area contributed by atoms with Crippen LogP contribution in [0.25, 0.3) is 22.0 Å². The fraction of sp³-hybridized carbons (Fsp3) is 0.333. The molecule has 0 aliphatic carbocycles. The number of benzene rings is 1. The molecule has 1 aliphatic heterocycles. The summed E-state index contributed by atoms with van der Waals surface area (Å²) >= 11 is 0. The molecule has 4 rings (SSSR count). The summed E-state index contributed by atoms with van der Waals surface area (Å²) in [5, 5.41) is 8.90. The van der Waals surface area contributed by atoms with Crippen LogP contribution in [0.15, 0.2) is 42.9 Å². The molecule has 0 amide bonds. The zero-order valence-electron chi connectivity index (χ0n) is 12.8. The molecule has 4 heteroatoms. The summed E-state index contributed by atoms with van der Waals surface area (Å²) in [5.41, 5.74) is 4.75. The summed E-state index contributed by atoms with van der Waals surface area (Å²) in [6, 6.07) is 8.94. The minimum Gasteiger partial charge on any atom is -0.317 e. The summed E-state index contributed by atoms with van der Waals surface area (Å²) in [5.74, 6) is 0.674. The lowest BCUT2D eigenvalue weighted by atomic mass is 9.89. The normalized spacial score (nSPS) is 16.2. The van der Waals surface area contributed by atoms with Crippen molar-refractivity contribution in [1.82, 2.24) is 20.1 Å². The van der Waals surface area contributed by atoms with E-state index in [2.05, 4.69) is 39.7 Å². The Hall–Kier alpha value is -2.20.